The third-order valence-corrected chi connectivity index (χ3v) is 1.86. The summed E-state index contributed by atoms with van der Waals surface area (Å²) in [5.74, 6) is -4.43. The zero-order chi connectivity index (χ0) is 11.4. The Labute approximate surface area is 77.0 Å². The normalized spacial score (nSPS) is 12.9. The van der Waals surface area contributed by atoms with Gasteiger partial charge in [-0.2, -0.15) is 13.6 Å². The molecule has 0 aliphatic carbocycles. The Morgan fingerprint density at radius 3 is 2.36 bits per heavy atom. The molecule has 0 radical (unpaired) electrons. The van der Waals surface area contributed by atoms with E-state index in [2.05, 4.69) is 9.26 Å². The maximum absolute atomic E-state index is 12.1. The van der Waals surface area contributed by atoms with E-state index < -0.39 is 32.7 Å². The van der Waals surface area contributed by atoms with E-state index in [-0.39, 0.29) is 0 Å². The molecule has 0 saturated carbocycles. The Hall–Kier alpha value is -0.750. The summed E-state index contributed by atoms with van der Waals surface area (Å²) in [7, 11) is -2.30. The summed E-state index contributed by atoms with van der Waals surface area (Å²) >= 11 is 0. The fourth-order valence-corrected chi connectivity index (χ4v) is 0.879. The van der Waals surface area contributed by atoms with Crippen molar-refractivity contribution >= 4 is 13.7 Å². The smallest absolute Gasteiger partial charge is 0.429 e. The lowest BCUT2D eigenvalue weighted by Crippen LogP contribution is -2.31. The van der Waals surface area contributed by atoms with Gasteiger partial charge in [0.05, 0.1) is 7.11 Å². The standard InChI is InChI=1S/C5H6F4O4P/c1-12-4(10)14(11)13-2-5(8,9)3(6)7/h3H,2H2,1H3/q+1. The molecular formula is C5H6F4O4P+. The van der Waals surface area contributed by atoms with Crippen LogP contribution in [0, 0.1) is 0 Å². The summed E-state index contributed by atoms with van der Waals surface area (Å²) in [5, 5.41) is 0. The number of hydrogen-bond acceptors (Lipinski definition) is 4. The van der Waals surface area contributed by atoms with Crippen LogP contribution in [0.25, 0.3) is 0 Å². The van der Waals surface area contributed by atoms with Crippen molar-refractivity contribution in [1.29, 1.82) is 0 Å². The van der Waals surface area contributed by atoms with Gasteiger partial charge in [-0.05, 0) is 4.57 Å². The summed E-state index contributed by atoms with van der Waals surface area (Å²) in [5.41, 5.74) is -1.38. The largest absolute Gasteiger partial charge is 0.636 e. The van der Waals surface area contributed by atoms with Gasteiger partial charge in [0.1, 0.15) is 0 Å². The van der Waals surface area contributed by atoms with Gasteiger partial charge in [0.15, 0.2) is 6.61 Å². The number of rotatable bonds is 5. The van der Waals surface area contributed by atoms with E-state index in [4.69, 9.17) is 0 Å². The Kier molecular flexibility index (Phi) is 4.93. The van der Waals surface area contributed by atoms with Gasteiger partial charge in [-0.25, -0.2) is 8.78 Å². The fraction of sp³-hybridized carbons (Fsp3) is 0.800. The first-order chi connectivity index (χ1) is 6.31. The number of ether oxygens (including phenoxy) is 1. The summed E-state index contributed by atoms with van der Waals surface area (Å²) in [4.78, 5) is 10.3. The second-order valence-electron chi connectivity index (χ2n) is 2.06. The molecule has 1 unspecified atom stereocenters. The molecule has 0 fully saturated rings. The highest BCUT2D eigenvalue weighted by Gasteiger charge is 2.46. The summed E-state index contributed by atoms with van der Waals surface area (Å²) in [6.45, 7) is -1.80. The van der Waals surface area contributed by atoms with E-state index in [0.717, 1.165) is 7.11 Å². The molecule has 4 nitrogen and oxygen atoms in total. The number of alkyl halides is 4. The average Bonchev–Trinajstić information content (AvgIpc) is 2.12. The highest BCUT2D eigenvalue weighted by Crippen LogP contribution is 2.30. The van der Waals surface area contributed by atoms with Crippen molar-refractivity contribution in [2.75, 3.05) is 13.7 Å². The van der Waals surface area contributed by atoms with Gasteiger partial charge in [0.25, 0.3) is 0 Å². The molecule has 0 rings (SSSR count). The third-order valence-electron chi connectivity index (χ3n) is 1.02. The molecule has 0 saturated heterocycles. The molecular weight excluding hydrogens is 231 g/mol. The van der Waals surface area contributed by atoms with E-state index in [1.807, 2.05) is 0 Å². The zero-order valence-corrected chi connectivity index (χ0v) is 7.77. The maximum Gasteiger partial charge on any atom is 0.636 e. The van der Waals surface area contributed by atoms with E-state index in [1.54, 1.807) is 0 Å². The molecule has 0 bridgehead atoms. The molecule has 0 amide bonds. The van der Waals surface area contributed by atoms with Crippen molar-refractivity contribution in [2.24, 2.45) is 0 Å². The molecule has 0 aliphatic rings. The molecule has 0 N–H and O–H groups in total. The van der Waals surface area contributed by atoms with Crippen molar-refractivity contribution in [1.82, 2.24) is 0 Å². The zero-order valence-electron chi connectivity index (χ0n) is 6.88. The summed E-state index contributed by atoms with van der Waals surface area (Å²) < 4.78 is 65.3. The second-order valence-corrected chi connectivity index (χ2v) is 3.20. The highest BCUT2D eigenvalue weighted by atomic mass is 31.1. The van der Waals surface area contributed by atoms with Crippen molar-refractivity contribution < 1.29 is 36.2 Å². The molecule has 0 aromatic heterocycles. The van der Waals surface area contributed by atoms with Gasteiger partial charge in [0, 0.05) is 0 Å². The molecule has 82 valence electrons. The van der Waals surface area contributed by atoms with Crippen molar-refractivity contribution in [2.45, 2.75) is 12.3 Å². The van der Waals surface area contributed by atoms with Gasteiger partial charge in [0.2, 0.25) is 0 Å². The van der Waals surface area contributed by atoms with Gasteiger partial charge in [-0.3, -0.25) is 0 Å². The van der Waals surface area contributed by atoms with Crippen LogP contribution >= 0.6 is 8.03 Å². The number of methoxy groups -OCH3 is 1. The highest BCUT2D eigenvalue weighted by molar-refractivity contribution is 7.58. The van der Waals surface area contributed by atoms with Crippen molar-refractivity contribution in [3.63, 3.8) is 0 Å². The molecule has 0 heterocycles. The number of hydrogen-bond donors (Lipinski definition) is 0. The lowest BCUT2D eigenvalue weighted by Gasteiger charge is -2.10. The Balaban J connectivity index is 4.06. The fourth-order valence-electron chi connectivity index (χ4n) is 0.335. The summed E-state index contributed by atoms with van der Waals surface area (Å²) in [6.07, 6.45) is -3.94. The average molecular weight is 237 g/mol. The first-order valence-electron chi connectivity index (χ1n) is 3.15. The maximum atomic E-state index is 12.1. The Bertz CT molecular complexity index is 232. The lowest BCUT2D eigenvalue weighted by molar-refractivity contribution is -0.147. The number of halogens is 4. The first kappa shape index (κ1) is 13.2. The molecule has 1 atom stereocenters. The van der Waals surface area contributed by atoms with E-state index >= 15 is 0 Å². The first-order valence-corrected chi connectivity index (χ1v) is 4.33. The van der Waals surface area contributed by atoms with Crippen LogP contribution in [0.1, 0.15) is 0 Å². The van der Waals surface area contributed by atoms with Crippen LogP contribution in [0.3, 0.4) is 0 Å². The predicted molar refractivity (Wildman–Crippen MR) is 36.9 cm³/mol. The Morgan fingerprint density at radius 2 is 2.00 bits per heavy atom. The van der Waals surface area contributed by atoms with Crippen LogP contribution < -0.4 is 0 Å². The minimum atomic E-state index is -4.43. The topological polar surface area (TPSA) is 52.6 Å². The van der Waals surface area contributed by atoms with Gasteiger partial charge in [-0.1, -0.05) is 0 Å². The van der Waals surface area contributed by atoms with Crippen molar-refractivity contribution in [3.05, 3.63) is 0 Å². The summed E-state index contributed by atoms with van der Waals surface area (Å²) in [6, 6.07) is 0. The van der Waals surface area contributed by atoms with Gasteiger partial charge >= 0.3 is 26.1 Å². The molecule has 0 aliphatic heterocycles. The number of carbonyl (C=O) groups excluding carboxylic acids is 1. The monoisotopic (exact) mass is 237 g/mol. The van der Waals surface area contributed by atoms with Crippen LogP contribution in [0.4, 0.5) is 22.4 Å². The van der Waals surface area contributed by atoms with Crippen LogP contribution in [-0.2, 0) is 13.8 Å². The third kappa shape index (κ3) is 3.97. The number of carbonyl (C=O) groups is 1. The molecule has 9 heteroatoms. The second kappa shape index (κ2) is 5.21. The lowest BCUT2D eigenvalue weighted by atomic mass is 10.4. The Morgan fingerprint density at radius 1 is 1.50 bits per heavy atom. The van der Waals surface area contributed by atoms with Crippen LogP contribution in [0.2, 0.25) is 0 Å². The van der Waals surface area contributed by atoms with Gasteiger partial charge in [-0.15, -0.1) is 4.52 Å². The molecule has 14 heavy (non-hydrogen) atoms. The SMILES string of the molecule is COC(=O)[P+](=O)OCC(F)(F)C(F)F. The van der Waals surface area contributed by atoms with Gasteiger partial charge < -0.3 is 4.74 Å². The molecule has 0 aromatic carbocycles. The quantitative estimate of drug-likeness (QED) is 0.544. The molecule has 0 aromatic rings. The van der Waals surface area contributed by atoms with Crippen LogP contribution in [-0.4, -0.2) is 31.8 Å². The van der Waals surface area contributed by atoms with E-state index in [9.17, 15) is 26.9 Å². The van der Waals surface area contributed by atoms with E-state index in [1.165, 1.54) is 0 Å². The van der Waals surface area contributed by atoms with E-state index in [0.29, 0.717) is 0 Å². The van der Waals surface area contributed by atoms with Crippen molar-refractivity contribution in [3.8, 4) is 0 Å². The minimum Gasteiger partial charge on any atom is -0.429 e. The molecule has 0 spiro atoms. The predicted octanol–water partition coefficient (Wildman–Crippen LogP) is 2.41. The van der Waals surface area contributed by atoms with Crippen LogP contribution in [0.5, 0.6) is 0 Å². The van der Waals surface area contributed by atoms with Crippen LogP contribution in [0.15, 0.2) is 0 Å². The minimum absolute atomic E-state index is 0.851.